The van der Waals surface area contributed by atoms with Gasteiger partial charge in [0.25, 0.3) is 5.91 Å². The predicted molar refractivity (Wildman–Crippen MR) is 86.8 cm³/mol. The van der Waals surface area contributed by atoms with Gasteiger partial charge in [0, 0.05) is 18.8 Å². The molecule has 0 atom stereocenters. The largest absolute Gasteiger partial charge is 0.435 e. The average Bonchev–Trinajstić information content (AvgIpc) is 3.03. The van der Waals surface area contributed by atoms with Crippen LogP contribution in [-0.2, 0) is 17.5 Å². The summed E-state index contributed by atoms with van der Waals surface area (Å²) in [6.07, 6.45) is -4.70. The number of hydrogen-bond acceptors (Lipinski definition) is 5. The van der Waals surface area contributed by atoms with E-state index in [1.807, 2.05) is 6.07 Å². The highest BCUT2D eigenvalue weighted by Gasteiger charge is 2.39. The Morgan fingerprint density at radius 1 is 1.35 bits per heavy atom. The van der Waals surface area contributed by atoms with Crippen LogP contribution in [0.2, 0.25) is 0 Å². The molecule has 140 valence electrons. The zero-order valence-electron chi connectivity index (χ0n) is 14.1. The molecule has 3 rings (SSSR count). The molecular weight excluding hydrogens is 351 g/mol. The highest BCUT2D eigenvalue weighted by atomic mass is 19.4. The summed E-state index contributed by atoms with van der Waals surface area (Å²) >= 11 is 0. The molecular formula is C16H18F3N5O2. The van der Waals surface area contributed by atoms with Crippen LogP contribution < -0.4 is 10.2 Å². The highest BCUT2D eigenvalue weighted by molar-refractivity contribution is 5.96. The molecule has 1 aliphatic heterocycles. The lowest BCUT2D eigenvalue weighted by molar-refractivity contribution is -0.141. The molecule has 0 aromatic carbocycles. The lowest BCUT2D eigenvalue weighted by Crippen LogP contribution is -2.37. The lowest BCUT2D eigenvalue weighted by Gasteiger charge is -2.28. The van der Waals surface area contributed by atoms with Gasteiger partial charge in [-0.2, -0.15) is 18.3 Å². The smallest absolute Gasteiger partial charge is 0.378 e. The van der Waals surface area contributed by atoms with E-state index in [0.29, 0.717) is 32.0 Å². The van der Waals surface area contributed by atoms with Crippen molar-refractivity contribution in [1.82, 2.24) is 20.5 Å². The number of pyridine rings is 1. The average molecular weight is 369 g/mol. The minimum absolute atomic E-state index is 0.0128. The summed E-state index contributed by atoms with van der Waals surface area (Å²) in [6, 6.07) is 5.35. The fraction of sp³-hybridized carbons (Fsp3) is 0.438. The minimum Gasteiger partial charge on any atom is -0.378 e. The minimum atomic E-state index is -4.70. The maximum atomic E-state index is 13.0. The molecule has 2 aromatic rings. The molecule has 1 amide bonds. The van der Waals surface area contributed by atoms with E-state index in [4.69, 9.17) is 4.74 Å². The van der Waals surface area contributed by atoms with E-state index in [1.54, 1.807) is 12.1 Å². The van der Waals surface area contributed by atoms with Gasteiger partial charge in [0.2, 0.25) is 0 Å². The number of nitrogens with zero attached hydrogens (tertiary/aromatic N) is 3. The van der Waals surface area contributed by atoms with Gasteiger partial charge < -0.3 is 15.0 Å². The molecule has 2 aromatic heterocycles. The molecule has 0 spiro atoms. The normalized spacial score (nSPS) is 15.2. The summed E-state index contributed by atoms with van der Waals surface area (Å²) in [7, 11) is 0. The number of hydrogen-bond donors (Lipinski definition) is 2. The van der Waals surface area contributed by atoms with Gasteiger partial charge in [-0.1, -0.05) is 6.07 Å². The molecule has 1 aliphatic rings. The summed E-state index contributed by atoms with van der Waals surface area (Å²) in [4.78, 5) is 18.7. The molecule has 0 unspecified atom stereocenters. The van der Waals surface area contributed by atoms with Gasteiger partial charge >= 0.3 is 6.18 Å². The van der Waals surface area contributed by atoms with E-state index < -0.39 is 23.3 Å². The first-order chi connectivity index (χ1) is 12.4. The molecule has 0 aliphatic carbocycles. The highest BCUT2D eigenvalue weighted by Crippen LogP contribution is 2.31. The zero-order chi connectivity index (χ0) is 18.7. The van der Waals surface area contributed by atoms with E-state index in [1.165, 1.54) is 6.92 Å². The number of anilines is 1. The molecule has 26 heavy (non-hydrogen) atoms. The second-order valence-corrected chi connectivity index (χ2v) is 5.84. The Morgan fingerprint density at radius 3 is 2.77 bits per heavy atom. The van der Waals surface area contributed by atoms with Crippen molar-refractivity contribution >= 4 is 11.7 Å². The van der Waals surface area contributed by atoms with Crippen LogP contribution in [0.3, 0.4) is 0 Å². The van der Waals surface area contributed by atoms with Gasteiger partial charge in [-0.3, -0.25) is 9.89 Å². The van der Waals surface area contributed by atoms with E-state index in [0.717, 1.165) is 5.82 Å². The Balaban J connectivity index is 1.70. The first-order valence-electron chi connectivity index (χ1n) is 8.05. The van der Waals surface area contributed by atoms with Crippen LogP contribution in [0.25, 0.3) is 0 Å². The second-order valence-electron chi connectivity index (χ2n) is 5.84. The lowest BCUT2D eigenvalue weighted by atomic mass is 10.1. The predicted octanol–water partition coefficient (Wildman–Crippen LogP) is 1.90. The van der Waals surface area contributed by atoms with Crippen LogP contribution in [0.15, 0.2) is 18.2 Å². The van der Waals surface area contributed by atoms with Crippen molar-refractivity contribution in [2.24, 2.45) is 0 Å². The first-order valence-corrected chi connectivity index (χ1v) is 8.05. The van der Waals surface area contributed by atoms with Crippen molar-refractivity contribution < 1.29 is 22.7 Å². The standard InChI is InChI=1S/C16H18F3N5O2/c1-10-13(14(23-22-10)16(17,18)19)15(25)20-9-11-3-2-4-12(21-11)24-5-7-26-8-6-24/h2-4H,5-9H2,1H3,(H,20,25)(H,22,23). The third-order valence-electron chi connectivity index (χ3n) is 4.00. The molecule has 10 heteroatoms. The van der Waals surface area contributed by atoms with Crippen LogP contribution in [0.1, 0.15) is 27.4 Å². The summed E-state index contributed by atoms with van der Waals surface area (Å²) < 4.78 is 44.2. The quantitative estimate of drug-likeness (QED) is 0.860. The molecule has 3 heterocycles. The summed E-state index contributed by atoms with van der Waals surface area (Å²) in [6.45, 7) is 4.04. The third kappa shape index (κ3) is 3.96. The van der Waals surface area contributed by atoms with Crippen molar-refractivity contribution in [1.29, 1.82) is 0 Å². The Labute approximate surface area is 147 Å². The molecule has 7 nitrogen and oxygen atoms in total. The Morgan fingerprint density at radius 2 is 2.08 bits per heavy atom. The number of ether oxygens (including phenoxy) is 1. The van der Waals surface area contributed by atoms with Gasteiger partial charge in [0.1, 0.15) is 5.82 Å². The maximum absolute atomic E-state index is 13.0. The molecule has 2 N–H and O–H groups in total. The molecule has 1 fully saturated rings. The van der Waals surface area contributed by atoms with Crippen LogP contribution in [-0.4, -0.2) is 47.4 Å². The Bertz CT molecular complexity index is 784. The van der Waals surface area contributed by atoms with Gasteiger partial charge in [0.15, 0.2) is 5.69 Å². The van der Waals surface area contributed by atoms with Gasteiger partial charge in [0.05, 0.1) is 31.0 Å². The summed E-state index contributed by atoms with van der Waals surface area (Å²) in [5, 5.41) is 7.88. The number of alkyl halides is 3. The number of amides is 1. The summed E-state index contributed by atoms with van der Waals surface area (Å²) in [5.41, 5.74) is -1.11. The number of aryl methyl sites for hydroxylation is 1. The molecule has 0 radical (unpaired) electrons. The number of carbonyl (C=O) groups is 1. The van der Waals surface area contributed by atoms with Crippen LogP contribution in [0, 0.1) is 6.92 Å². The van der Waals surface area contributed by atoms with Crippen LogP contribution >= 0.6 is 0 Å². The fourth-order valence-electron chi connectivity index (χ4n) is 2.71. The molecule has 0 bridgehead atoms. The van der Waals surface area contributed by atoms with Gasteiger partial charge in [-0.05, 0) is 19.1 Å². The number of aromatic amines is 1. The SMILES string of the molecule is Cc1[nH]nc(C(F)(F)F)c1C(=O)NCc1cccc(N2CCOCC2)n1. The second kappa shape index (κ2) is 7.32. The van der Waals surface area contributed by atoms with E-state index >= 15 is 0 Å². The Hall–Kier alpha value is -2.62. The number of nitrogens with one attached hydrogen (secondary N) is 2. The monoisotopic (exact) mass is 369 g/mol. The van der Waals surface area contributed by atoms with Crippen molar-refractivity contribution in [2.45, 2.75) is 19.6 Å². The number of rotatable bonds is 4. The van der Waals surface area contributed by atoms with Crippen LogP contribution in [0.5, 0.6) is 0 Å². The van der Waals surface area contributed by atoms with E-state index in [9.17, 15) is 18.0 Å². The van der Waals surface area contributed by atoms with E-state index in [2.05, 4.69) is 25.4 Å². The van der Waals surface area contributed by atoms with Gasteiger partial charge in [-0.15, -0.1) is 0 Å². The summed E-state index contributed by atoms with van der Waals surface area (Å²) in [5.74, 6) is -0.0994. The number of H-pyrrole nitrogens is 1. The molecule has 1 saturated heterocycles. The van der Waals surface area contributed by atoms with E-state index in [-0.39, 0.29) is 12.2 Å². The van der Waals surface area contributed by atoms with Gasteiger partial charge in [-0.25, -0.2) is 4.98 Å². The number of aromatic nitrogens is 3. The molecule has 0 saturated carbocycles. The number of morpholine rings is 1. The number of halogens is 3. The Kier molecular flexibility index (Phi) is 5.12. The van der Waals surface area contributed by atoms with Crippen molar-refractivity contribution in [3.05, 3.63) is 40.8 Å². The van der Waals surface area contributed by atoms with Crippen LogP contribution in [0.4, 0.5) is 19.0 Å². The van der Waals surface area contributed by atoms with Crippen molar-refractivity contribution in [2.75, 3.05) is 31.2 Å². The van der Waals surface area contributed by atoms with Crippen molar-refractivity contribution in [3.63, 3.8) is 0 Å². The first kappa shape index (κ1) is 18.2. The fourth-order valence-corrected chi connectivity index (χ4v) is 2.71. The number of carbonyl (C=O) groups excluding carboxylic acids is 1. The zero-order valence-corrected chi connectivity index (χ0v) is 14.1. The maximum Gasteiger partial charge on any atom is 0.435 e. The third-order valence-corrected chi connectivity index (χ3v) is 4.00. The topological polar surface area (TPSA) is 83.1 Å². The van der Waals surface area contributed by atoms with Crippen molar-refractivity contribution in [3.8, 4) is 0 Å².